The quantitative estimate of drug-likeness (QED) is 0.816. The van der Waals surface area contributed by atoms with E-state index < -0.39 is 0 Å². The molecule has 0 aliphatic heterocycles. The molecule has 2 rings (SSSR count). The van der Waals surface area contributed by atoms with Crippen molar-refractivity contribution in [1.82, 2.24) is 24.5 Å². The third-order valence-electron chi connectivity index (χ3n) is 3.16. The van der Waals surface area contributed by atoms with Crippen molar-refractivity contribution in [3.05, 3.63) is 23.8 Å². The van der Waals surface area contributed by atoms with Gasteiger partial charge in [-0.05, 0) is 19.4 Å². The van der Waals surface area contributed by atoms with E-state index in [0.717, 1.165) is 28.8 Å². The lowest BCUT2D eigenvalue weighted by Gasteiger charge is -2.08. The molecule has 2 N–H and O–H groups in total. The fourth-order valence-electron chi connectivity index (χ4n) is 1.67. The van der Waals surface area contributed by atoms with E-state index in [1.807, 2.05) is 22.5 Å². The second kappa shape index (κ2) is 6.21. The summed E-state index contributed by atoms with van der Waals surface area (Å²) in [5, 5.41) is 13.6. The molecule has 0 amide bonds. The third kappa shape index (κ3) is 3.16. The number of aromatic nitrogens is 5. The molecule has 6 nitrogen and oxygen atoms in total. The minimum absolute atomic E-state index is 0.409. The van der Waals surface area contributed by atoms with Crippen LogP contribution in [0, 0.1) is 0 Å². The molecule has 7 heteroatoms. The summed E-state index contributed by atoms with van der Waals surface area (Å²) in [6.45, 7) is 4.74. The van der Waals surface area contributed by atoms with Crippen molar-refractivity contribution >= 4 is 11.8 Å². The second-order valence-electron chi connectivity index (χ2n) is 4.49. The number of hydrogen-bond acceptors (Lipinski definition) is 5. The largest absolute Gasteiger partial charge is 0.324 e. The molecule has 0 aromatic carbocycles. The maximum absolute atomic E-state index is 5.57. The zero-order valence-corrected chi connectivity index (χ0v) is 12.4. The third-order valence-corrected chi connectivity index (χ3v) is 4.22. The summed E-state index contributed by atoms with van der Waals surface area (Å²) in [6.07, 6.45) is 3.11. The molecular weight excluding hydrogens is 260 g/mol. The van der Waals surface area contributed by atoms with E-state index in [4.69, 9.17) is 5.73 Å². The average Bonchev–Trinajstić information content (AvgIpc) is 3.02. The first-order valence-corrected chi connectivity index (χ1v) is 7.39. The first-order chi connectivity index (χ1) is 9.15. The molecule has 0 saturated heterocycles. The lowest BCUT2D eigenvalue weighted by atomic mass is 10.3. The molecule has 1 unspecified atom stereocenters. The summed E-state index contributed by atoms with van der Waals surface area (Å²) in [5.41, 5.74) is 6.63. The zero-order valence-electron chi connectivity index (χ0n) is 11.6. The van der Waals surface area contributed by atoms with Crippen LogP contribution < -0.4 is 5.73 Å². The summed E-state index contributed by atoms with van der Waals surface area (Å²) in [7, 11) is 1.93. The van der Waals surface area contributed by atoms with Crippen molar-refractivity contribution in [3.63, 3.8) is 0 Å². The number of nitrogens with zero attached hydrogens (tertiary/aromatic N) is 5. The highest BCUT2D eigenvalue weighted by atomic mass is 32.2. The summed E-state index contributed by atoms with van der Waals surface area (Å²) in [4.78, 5) is 0. The molecule has 104 valence electrons. The Morgan fingerprint density at radius 2 is 2.21 bits per heavy atom. The minimum atomic E-state index is 0.409. The normalized spacial score (nSPS) is 12.8. The molecular formula is C12H20N6S. The van der Waals surface area contributed by atoms with Gasteiger partial charge < -0.3 is 10.3 Å². The van der Waals surface area contributed by atoms with Crippen LogP contribution in [0.4, 0.5) is 0 Å². The first-order valence-electron chi connectivity index (χ1n) is 6.40. The molecule has 1 atom stereocenters. The van der Waals surface area contributed by atoms with E-state index in [9.17, 15) is 0 Å². The van der Waals surface area contributed by atoms with E-state index >= 15 is 0 Å². The van der Waals surface area contributed by atoms with Gasteiger partial charge in [0.15, 0.2) is 5.16 Å². The molecule has 0 bridgehead atoms. The maximum atomic E-state index is 5.57. The molecule has 0 radical (unpaired) electrons. The Balaban J connectivity index is 1.98. The lowest BCUT2D eigenvalue weighted by Crippen LogP contribution is -2.05. The van der Waals surface area contributed by atoms with E-state index in [0.29, 0.717) is 12.6 Å². The van der Waals surface area contributed by atoms with Crippen LogP contribution in [0.2, 0.25) is 0 Å². The zero-order chi connectivity index (χ0) is 13.8. The molecule has 0 saturated carbocycles. The average molecular weight is 280 g/mol. The molecule has 0 spiro atoms. The van der Waals surface area contributed by atoms with Gasteiger partial charge in [0.2, 0.25) is 0 Å². The smallest absolute Gasteiger partial charge is 0.191 e. The molecule has 19 heavy (non-hydrogen) atoms. The van der Waals surface area contributed by atoms with E-state index in [1.165, 1.54) is 0 Å². The summed E-state index contributed by atoms with van der Waals surface area (Å²) < 4.78 is 3.94. The first kappa shape index (κ1) is 14.1. The number of hydrogen-bond donors (Lipinski definition) is 1. The van der Waals surface area contributed by atoms with E-state index in [1.54, 1.807) is 11.8 Å². The van der Waals surface area contributed by atoms with Crippen molar-refractivity contribution in [3.8, 4) is 0 Å². The van der Waals surface area contributed by atoms with Crippen molar-refractivity contribution < 1.29 is 0 Å². The molecule has 2 aromatic heterocycles. The molecule has 0 fully saturated rings. The molecule has 2 aromatic rings. The van der Waals surface area contributed by atoms with Crippen LogP contribution in [0.25, 0.3) is 0 Å². The van der Waals surface area contributed by atoms with Gasteiger partial charge in [-0.25, -0.2) is 0 Å². The van der Waals surface area contributed by atoms with Crippen LogP contribution >= 0.6 is 11.8 Å². The van der Waals surface area contributed by atoms with Gasteiger partial charge in [-0.3, -0.25) is 4.68 Å². The topological polar surface area (TPSA) is 74.6 Å². The van der Waals surface area contributed by atoms with Gasteiger partial charge >= 0.3 is 0 Å². The van der Waals surface area contributed by atoms with Crippen LogP contribution in [-0.2, 0) is 19.3 Å². The Morgan fingerprint density at radius 3 is 2.84 bits per heavy atom. The van der Waals surface area contributed by atoms with Crippen molar-refractivity contribution in [2.75, 3.05) is 0 Å². The van der Waals surface area contributed by atoms with Gasteiger partial charge in [0, 0.05) is 25.0 Å². The van der Waals surface area contributed by atoms with E-state index in [2.05, 4.69) is 35.2 Å². The fraction of sp³-hybridized carbons (Fsp3) is 0.583. The van der Waals surface area contributed by atoms with Crippen molar-refractivity contribution in [2.45, 2.75) is 43.8 Å². The van der Waals surface area contributed by atoms with Crippen LogP contribution in [-0.4, -0.2) is 24.5 Å². The van der Waals surface area contributed by atoms with Crippen molar-refractivity contribution in [1.29, 1.82) is 0 Å². The standard InChI is InChI=1S/C12H20N6S/c1-4-9(2)18-6-5-10(16-18)8-19-12-15-14-11(7-13)17(12)3/h5-6,9H,4,7-8,13H2,1-3H3. The van der Waals surface area contributed by atoms with Gasteiger partial charge in [-0.1, -0.05) is 18.7 Å². The van der Waals surface area contributed by atoms with Gasteiger partial charge in [0.05, 0.1) is 12.2 Å². The molecule has 2 heterocycles. The second-order valence-corrected chi connectivity index (χ2v) is 5.44. The fourth-order valence-corrected chi connectivity index (χ4v) is 2.50. The molecule has 0 aliphatic rings. The number of thioether (sulfide) groups is 1. The minimum Gasteiger partial charge on any atom is -0.324 e. The van der Waals surface area contributed by atoms with Crippen molar-refractivity contribution in [2.24, 2.45) is 12.8 Å². The van der Waals surface area contributed by atoms with Gasteiger partial charge in [0.1, 0.15) is 5.82 Å². The summed E-state index contributed by atoms with van der Waals surface area (Å²) in [5.74, 6) is 1.59. The molecule has 0 aliphatic carbocycles. The Hall–Kier alpha value is -1.34. The van der Waals surface area contributed by atoms with Gasteiger partial charge in [-0.2, -0.15) is 5.10 Å². The van der Waals surface area contributed by atoms with Gasteiger partial charge in [-0.15, -0.1) is 10.2 Å². The Bertz CT molecular complexity index is 532. The predicted octanol–water partition coefficient (Wildman–Crippen LogP) is 1.73. The number of rotatable bonds is 6. The SMILES string of the molecule is CCC(C)n1ccc(CSc2nnc(CN)n2C)n1. The highest BCUT2D eigenvalue weighted by molar-refractivity contribution is 7.98. The van der Waals surface area contributed by atoms with Gasteiger partial charge in [0.25, 0.3) is 0 Å². The number of nitrogens with two attached hydrogens (primary N) is 1. The highest BCUT2D eigenvalue weighted by Crippen LogP contribution is 2.20. The Morgan fingerprint density at radius 1 is 1.42 bits per heavy atom. The summed E-state index contributed by atoms with van der Waals surface area (Å²) in [6, 6.07) is 2.50. The maximum Gasteiger partial charge on any atom is 0.191 e. The van der Waals surface area contributed by atoms with Crippen LogP contribution in [0.3, 0.4) is 0 Å². The van der Waals surface area contributed by atoms with Crippen LogP contribution in [0.15, 0.2) is 17.4 Å². The predicted molar refractivity (Wildman–Crippen MR) is 75.7 cm³/mol. The highest BCUT2D eigenvalue weighted by Gasteiger charge is 2.10. The summed E-state index contributed by atoms with van der Waals surface area (Å²) >= 11 is 1.63. The van der Waals surface area contributed by atoms with Crippen LogP contribution in [0.5, 0.6) is 0 Å². The Kier molecular flexibility index (Phi) is 4.60. The lowest BCUT2D eigenvalue weighted by molar-refractivity contribution is 0.475. The Labute approximate surface area is 117 Å². The monoisotopic (exact) mass is 280 g/mol. The van der Waals surface area contributed by atoms with E-state index in [-0.39, 0.29) is 0 Å². The van der Waals surface area contributed by atoms with Crippen LogP contribution in [0.1, 0.15) is 37.8 Å².